The highest BCUT2D eigenvalue weighted by Gasteiger charge is 2.37. The van der Waals surface area contributed by atoms with Crippen molar-refractivity contribution < 1.29 is 9.59 Å². The van der Waals surface area contributed by atoms with Crippen molar-refractivity contribution in [3.8, 4) is 0 Å². The first-order valence-corrected chi connectivity index (χ1v) is 10.3. The molecule has 1 aromatic rings. The zero-order valence-electron chi connectivity index (χ0n) is 15.4. The molecule has 0 unspecified atom stereocenters. The van der Waals surface area contributed by atoms with E-state index >= 15 is 0 Å². The Morgan fingerprint density at radius 1 is 1.20 bits per heavy atom. The van der Waals surface area contributed by atoms with E-state index in [1.165, 1.54) is 22.9 Å². The SMILES string of the molecule is CCNC(=O)[C@@H]1C[C@H](NC(=O)CSC)CN1Cc1ccc(CC)cc1. The molecule has 1 aromatic carbocycles. The zero-order valence-corrected chi connectivity index (χ0v) is 16.2. The summed E-state index contributed by atoms with van der Waals surface area (Å²) in [5.41, 5.74) is 2.51. The minimum Gasteiger partial charge on any atom is -0.355 e. The summed E-state index contributed by atoms with van der Waals surface area (Å²) in [5, 5.41) is 5.98. The lowest BCUT2D eigenvalue weighted by Gasteiger charge is -2.23. The van der Waals surface area contributed by atoms with E-state index in [9.17, 15) is 9.59 Å². The van der Waals surface area contributed by atoms with Gasteiger partial charge in [-0.05, 0) is 37.1 Å². The predicted octanol–water partition coefficient (Wildman–Crippen LogP) is 1.81. The van der Waals surface area contributed by atoms with Crippen LogP contribution in [-0.4, -0.2) is 53.9 Å². The van der Waals surface area contributed by atoms with E-state index in [4.69, 9.17) is 0 Å². The maximum atomic E-state index is 12.4. The third-order valence-corrected chi connectivity index (χ3v) is 5.07. The Morgan fingerprint density at radius 2 is 1.88 bits per heavy atom. The van der Waals surface area contributed by atoms with Crippen LogP contribution in [0.4, 0.5) is 0 Å². The number of carbonyl (C=O) groups excluding carboxylic acids is 2. The van der Waals surface area contributed by atoms with Crippen LogP contribution in [0.15, 0.2) is 24.3 Å². The Labute approximate surface area is 154 Å². The van der Waals surface area contributed by atoms with Gasteiger partial charge in [0.15, 0.2) is 0 Å². The second-order valence-electron chi connectivity index (χ2n) is 6.44. The van der Waals surface area contributed by atoms with Crippen LogP contribution in [-0.2, 0) is 22.6 Å². The molecule has 5 nitrogen and oxygen atoms in total. The molecule has 25 heavy (non-hydrogen) atoms. The number of rotatable bonds is 8. The quantitative estimate of drug-likeness (QED) is 0.739. The van der Waals surface area contributed by atoms with Crippen molar-refractivity contribution in [2.75, 3.05) is 25.1 Å². The number of hydrogen-bond donors (Lipinski definition) is 2. The molecule has 138 valence electrons. The molecule has 0 radical (unpaired) electrons. The molecule has 0 saturated carbocycles. The number of carbonyl (C=O) groups is 2. The second-order valence-corrected chi connectivity index (χ2v) is 7.31. The lowest BCUT2D eigenvalue weighted by atomic mass is 10.1. The molecule has 1 aliphatic heterocycles. The fourth-order valence-corrected chi connectivity index (χ4v) is 3.61. The Hall–Kier alpha value is -1.53. The van der Waals surface area contributed by atoms with Crippen LogP contribution < -0.4 is 10.6 Å². The van der Waals surface area contributed by atoms with Crippen molar-refractivity contribution in [1.82, 2.24) is 15.5 Å². The summed E-state index contributed by atoms with van der Waals surface area (Å²) < 4.78 is 0. The Balaban J connectivity index is 2.05. The highest BCUT2D eigenvalue weighted by Crippen LogP contribution is 2.21. The van der Waals surface area contributed by atoms with Gasteiger partial charge >= 0.3 is 0 Å². The van der Waals surface area contributed by atoms with E-state index in [-0.39, 0.29) is 23.9 Å². The summed E-state index contributed by atoms with van der Waals surface area (Å²) in [6, 6.07) is 8.39. The monoisotopic (exact) mass is 363 g/mol. The molecule has 2 rings (SSSR count). The number of thioether (sulfide) groups is 1. The molecule has 0 bridgehead atoms. The van der Waals surface area contributed by atoms with Gasteiger partial charge in [-0.15, -0.1) is 0 Å². The van der Waals surface area contributed by atoms with Crippen LogP contribution >= 0.6 is 11.8 Å². The van der Waals surface area contributed by atoms with E-state index in [2.05, 4.69) is 46.7 Å². The summed E-state index contributed by atoms with van der Waals surface area (Å²) in [6.45, 7) is 6.12. The molecule has 2 amide bonds. The predicted molar refractivity (Wildman–Crippen MR) is 104 cm³/mol. The third-order valence-electron chi connectivity index (χ3n) is 4.51. The fourth-order valence-electron chi connectivity index (χ4n) is 3.26. The highest BCUT2D eigenvalue weighted by atomic mass is 32.2. The first kappa shape index (κ1) is 19.8. The van der Waals surface area contributed by atoms with Crippen molar-refractivity contribution in [3.05, 3.63) is 35.4 Å². The summed E-state index contributed by atoms with van der Waals surface area (Å²) in [5.74, 6) is 0.552. The van der Waals surface area contributed by atoms with E-state index in [1.54, 1.807) is 0 Å². The molecule has 2 atom stereocenters. The minimum absolute atomic E-state index is 0.0298. The largest absolute Gasteiger partial charge is 0.355 e. The van der Waals surface area contributed by atoms with Gasteiger partial charge in [0.05, 0.1) is 11.8 Å². The van der Waals surface area contributed by atoms with E-state index < -0.39 is 0 Å². The molecule has 6 heteroatoms. The Kier molecular flexibility index (Phi) is 7.78. The lowest BCUT2D eigenvalue weighted by molar-refractivity contribution is -0.125. The Morgan fingerprint density at radius 3 is 2.48 bits per heavy atom. The molecule has 1 aliphatic rings. The van der Waals surface area contributed by atoms with Gasteiger partial charge in [-0.1, -0.05) is 31.2 Å². The first-order valence-electron chi connectivity index (χ1n) is 8.95. The van der Waals surface area contributed by atoms with Crippen LogP contribution in [0, 0.1) is 0 Å². The molecule has 1 saturated heterocycles. The van der Waals surface area contributed by atoms with Gasteiger partial charge in [-0.25, -0.2) is 0 Å². The van der Waals surface area contributed by atoms with Crippen LogP contribution in [0.1, 0.15) is 31.4 Å². The van der Waals surface area contributed by atoms with Crippen molar-refractivity contribution in [1.29, 1.82) is 0 Å². The topological polar surface area (TPSA) is 61.4 Å². The summed E-state index contributed by atoms with van der Waals surface area (Å²) in [4.78, 5) is 26.5. The number of amides is 2. The zero-order chi connectivity index (χ0) is 18.2. The third kappa shape index (κ3) is 5.75. The fraction of sp³-hybridized carbons (Fsp3) is 0.579. The van der Waals surface area contributed by atoms with E-state index in [0.29, 0.717) is 25.3 Å². The Bertz CT molecular complexity index is 577. The van der Waals surface area contributed by atoms with Crippen LogP contribution in [0.25, 0.3) is 0 Å². The van der Waals surface area contributed by atoms with Crippen LogP contribution in [0.2, 0.25) is 0 Å². The lowest BCUT2D eigenvalue weighted by Crippen LogP contribution is -2.42. The van der Waals surface area contributed by atoms with Gasteiger partial charge in [0.25, 0.3) is 0 Å². The summed E-state index contributed by atoms with van der Waals surface area (Å²) in [6.07, 6.45) is 3.60. The second kappa shape index (κ2) is 9.82. The number of hydrogen-bond acceptors (Lipinski definition) is 4. The number of nitrogens with one attached hydrogen (secondary N) is 2. The number of benzene rings is 1. The number of likely N-dealkylation sites (N-methyl/N-ethyl adjacent to an activating group) is 1. The summed E-state index contributed by atoms with van der Waals surface area (Å²) >= 11 is 1.51. The van der Waals surface area contributed by atoms with Crippen molar-refractivity contribution in [3.63, 3.8) is 0 Å². The van der Waals surface area contributed by atoms with Crippen molar-refractivity contribution in [2.45, 2.75) is 45.3 Å². The molecule has 0 spiro atoms. The molecule has 1 heterocycles. The average Bonchev–Trinajstić information content (AvgIpc) is 2.98. The van der Waals surface area contributed by atoms with Gasteiger partial charge < -0.3 is 10.6 Å². The molecule has 0 aromatic heterocycles. The standard InChI is InChI=1S/C19H29N3O2S/c1-4-14-6-8-15(9-7-14)11-22-12-16(21-18(23)13-25-3)10-17(22)19(24)20-5-2/h6-9,16-17H,4-5,10-13H2,1-3H3,(H,20,24)(H,21,23)/t16-,17-/m0/s1. The highest BCUT2D eigenvalue weighted by molar-refractivity contribution is 7.99. The van der Waals surface area contributed by atoms with Crippen molar-refractivity contribution >= 4 is 23.6 Å². The number of aryl methyl sites for hydroxylation is 1. The molecular formula is C19H29N3O2S. The van der Waals surface area contributed by atoms with E-state index in [1.807, 2.05) is 13.2 Å². The average molecular weight is 364 g/mol. The van der Waals surface area contributed by atoms with Gasteiger partial charge in [-0.3, -0.25) is 14.5 Å². The smallest absolute Gasteiger partial charge is 0.237 e. The summed E-state index contributed by atoms with van der Waals surface area (Å²) in [7, 11) is 0. The van der Waals surface area contributed by atoms with Crippen LogP contribution in [0.3, 0.4) is 0 Å². The van der Waals surface area contributed by atoms with Crippen molar-refractivity contribution in [2.24, 2.45) is 0 Å². The van der Waals surface area contributed by atoms with Gasteiger partial charge in [0.1, 0.15) is 0 Å². The first-order chi connectivity index (χ1) is 12.1. The number of nitrogens with zero attached hydrogens (tertiary/aromatic N) is 1. The maximum Gasteiger partial charge on any atom is 0.237 e. The molecule has 0 aliphatic carbocycles. The minimum atomic E-state index is -0.189. The van der Waals surface area contributed by atoms with Gasteiger partial charge in [-0.2, -0.15) is 11.8 Å². The van der Waals surface area contributed by atoms with Gasteiger partial charge in [0.2, 0.25) is 11.8 Å². The van der Waals surface area contributed by atoms with Crippen LogP contribution in [0.5, 0.6) is 0 Å². The van der Waals surface area contributed by atoms with Gasteiger partial charge in [0, 0.05) is 25.7 Å². The molecule has 2 N–H and O–H groups in total. The maximum absolute atomic E-state index is 12.4. The normalized spacial score (nSPS) is 20.4. The molecular weight excluding hydrogens is 334 g/mol. The number of likely N-dealkylation sites (tertiary alicyclic amines) is 1. The molecule has 1 fully saturated rings. The van der Waals surface area contributed by atoms with E-state index in [0.717, 1.165) is 13.0 Å².